The summed E-state index contributed by atoms with van der Waals surface area (Å²) in [6.45, 7) is 42.7. The van der Waals surface area contributed by atoms with Gasteiger partial charge in [-0.2, -0.15) is 38.5 Å². The third-order valence-corrected chi connectivity index (χ3v) is 12.5. The first kappa shape index (κ1) is 58.1. The molecule has 0 aromatic rings. The summed E-state index contributed by atoms with van der Waals surface area (Å²) in [7, 11) is 8.09. The molecule has 0 spiro atoms. The fourth-order valence-corrected chi connectivity index (χ4v) is 3.91. The van der Waals surface area contributed by atoms with E-state index in [2.05, 4.69) is 161 Å². The van der Waals surface area contributed by atoms with Gasteiger partial charge in [-0.25, -0.2) is 0 Å². The molecular formula is C37H76N2OV2W2-2. The minimum absolute atomic E-state index is 0. The van der Waals surface area contributed by atoms with Crippen LogP contribution in [0.2, 0.25) is 0 Å². The van der Waals surface area contributed by atoms with Gasteiger partial charge in [0, 0.05) is 47.5 Å². The number of carbonyl (C=O) groups excluding carboxylic acids is 1. The second-order valence-corrected chi connectivity index (χ2v) is 17.8. The molecule has 0 aliphatic carbocycles. The summed E-state index contributed by atoms with van der Waals surface area (Å²) in [6.07, 6.45) is 2.35. The normalized spacial score (nSPS) is 14.7. The molecule has 0 aromatic carbocycles. The Morgan fingerprint density at radius 1 is 0.636 bits per heavy atom. The number of aldehydes is 1. The van der Waals surface area contributed by atoms with Crippen LogP contribution >= 0.6 is 0 Å². The summed E-state index contributed by atoms with van der Waals surface area (Å²) >= 11 is 4.97. The fraction of sp³-hybridized carbons (Fsp3) is 0.865. The van der Waals surface area contributed by atoms with Gasteiger partial charge in [-0.05, 0) is 17.3 Å². The van der Waals surface area contributed by atoms with Crippen LogP contribution < -0.4 is 0 Å². The molecule has 3 nitrogen and oxygen atoms in total. The Balaban J connectivity index is -0.000000117. The maximum Gasteiger partial charge on any atom is 0 e. The van der Waals surface area contributed by atoms with Crippen molar-refractivity contribution < 1.29 is 80.9 Å². The summed E-state index contributed by atoms with van der Waals surface area (Å²) in [5.41, 5.74) is 0.768. The van der Waals surface area contributed by atoms with Gasteiger partial charge in [0.1, 0.15) is 6.29 Å². The predicted molar refractivity (Wildman–Crippen MR) is 186 cm³/mol. The van der Waals surface area contributed by atoms with Crippen molar-refractivity contribution in [3.8, 4) is 0 Å². The van der Waals surface area contributed by atoms with E-state index in [1.807, 2.05) is 42.0 Å². The van der Waals surface area contributed by atoms with Crippen molar-refractivity contribution >= 4 is 15.0 Å². The van der Waals surface area contributed by atoms with Gasteiger partial charge in [-0.15, -0.1) is 0 Å². The Morgan fingerprint density at radius 3 is 1.02 bits per heavy atom. The largest absolute Gasteiger partial charge is 0 e. The Hall–Kier alpha value is 1.88. The van der Waals surface area contributed by atoms with Crippen molar-refractivity contribution in [2.24, 2.45) is 45.3 Å². The van der Waals surface area contributed by atoms with E-state index in [1.165, 1.54) is 21.0 Å². The second-order valence-electron chi connectivity index (χ2n) is 15.8. The average molecular weight is 1030 g/mol. The first-order chi connectivity index (χ1) is 18.4. The molecule has 0 N–H and O–H groups in total. The van der Waals surface area contributed by atoms with Crippen molar-refractivity contribution in [1.82, 2.24) is 9.80 Å². The van der Waals surface area contributed by atoms with E-state index in [-0.39, 0.29) is 53.0 Å². The standard InChI is InChI=1S/C15H31.C14H27O.2C4H9N.2V.2W/c1-10-14(6,7)12(4)13(5)15(8,9)11(2)3;1-10(2)14(7,8)12(4)11(3)13(5,6)9-15;2*1-4-5(2)3;;;;/h12-13H,10H2,1-9H3;9,11-12H,1-8H3;2*1-3H3;;;;/q2*-1;;;;;;/t12-,13?;11-,12?;;;;;;/m00....../s1. The van der Waals surface area contributed by atoms with E-state index >= 15 is 0 Å². The summed E-state index contributed by atoms with van der Waals surface area (Å²) in [6, 6.07) is 0. The molecule has 0 heterocycles. The van der Waals surface area contributed by atoms with E-state index in [4.69, 9.17) is 0 Å². The van der Waals surface area contributed by atoms with Gasteiger partial charge in [0.15, 0.2) is 0 Å². The topological polar surface area (TPSA) is 23.6 Å². The van der Waals surface area contributed by atoms with E-state index < -0.39 is 0 Å². The number of rotatable bonds is 12. The van der Waals surface area contributed by atoms with Gasteiger partial charge in [0.2, 0.25) is 0 Å². The number of hydrogen-bond acceptors (Lipinski definition) is 3. The third kappa shape index (κ3) is 22.5. The zero-order valence-corrected chi connectivity index (χ0v) is 42.3. The molecule has 0 bridgehead atoms. The first-order valence-electron chi connectivity index (χ1n) is 15.9. The molecule has 264 valence electrons. The average Bonchev–Trinajstić information content (AvgIpc) is 2.87. The summed E-state index contributed by atoms with van der Waals surface area (Å²) in [5.74, 6) is 5.37. The van der Waals surface area contributed by atoms with Gasteiger partial charge in [-0.1, -0.05) is 108 Å². The molecule has 0 fully saturated rings. The van der Waals surface area contributed by atoms with Crippen molar-refractivity contribution in [2.45, 2.75) is 138 Å². The van der Waals surface area contributed by atoms with Crippen LogP contribution in [-0.2, 0) is 80.9 Å². The molecule has 0 aliphatic heterocycles. The molecule has 7 heteroatoms. The zero-order valence-electron chi connectivity index (χ0n) is 33.6. The molecule has 0 aliphatic rings. The van der Waals surface area contributed by atoms with Crippen LogP contribution in [-0.4, -0.2) is 53.0 Å². The van der Waals surface area contributed by atoms with Crippen LogP contribution in [0.25, 0.3) is 0 Å². The molecular weight excluding hydrogens is 958 g/mol. The van der Waals surface area contributed by atoms with E-state index in [0.717, 1.165) is 18.1 Å². The minimum Gasteiger partial charge on any atom is 0 e. The van der Waals surface area contributed by atoms with Crippen LogP contribution in [0.1, 0.15) is 138 Å². The van der Waals surface area contributed by atoms with Crippen molar-refractivity contribution in [3.05, 3.63) is 11.8 Å². The molecule has 44 heavy (non-hydrogen) atoms. The summed E-state index contributed by atoms with van der Waals surface area (Å²) in [5, 5.41) is 0. The Morgan fingerprint density at radius 2 is 0.864 bits per heavy atom. The molecule has 0 radical (unpaired) electrons. The monoisotopic (exact) mass is 1030 g/mol. The smallest absolute Gasteiger partial charge is 0 e. The predicted octanol–water partition coefficient (Wildman–Crippen LogP) is 9.94. The molecule has 0 rings (SSSR count). The first-order valence-corrected chi connectivity index (χ1v) is 17.3. The summed E-state index contributed by atoms with van der Waals surface area (Å²) < 4.78 is 2.56. The molecule has 0 saturated heterocycles. The van der Waals surface area contributed by atoms with Gasteiger partial charge >= 0.3 is 94.5 Å². The van der Waals surface area contributed by atoms with E-state index in [0.29, 0.717) is 22.7 Å². The van der Waals surface area contributed by atoms with Crippen molar-refractivity contribution in [2.75, 3.05) is 28.2 Å². The van der Waals surface area contributed by atoms with Crippen LogP contribution in [0, 0.1) is 57.2 Å². The van der Waals surface area contributed by atoms with E-state index in [1.54, 1.807) is 5.92 Å². The zero-order chi connectivity index (χ0) is 35.2. The third-order valence-electron chi connectivity index (χ3n) is 11.3. The number of hydrogen-bond donors (Lipinski definition) is 0. The van der Waals surface area contributed by atoms with E-state index in [9.17, 15) is 4.79 Å². The Labute approximate surface area is 326 Å². The fourth-order valence-electron chi connectivity index (χ4n) is 3.91. The molecule has 4 atom stereocenters. The van der Waals surface area contributed by atoms with Gasteiger partial charge in [-0.3, -0.25) is 0 Å². The van der Waals surface area contributed by atoms with Crippen molar-refractivity contribution in [1.29, 1.82) is 0 Å². The molecule has 0 saturated carbocycles. The molecule has 0 aromatic heterocycles. The van der Waals surface area contributed by atoms with Gasteiger partial charge in [0.25, 0.3) is 0 Å². The summed E-state index contributed by atoms with van der Waals surface area (Å²) in [4.78, 5) is 15.2. The van der Waals surface area contributed by atoms with Gasteiger partial charge in [0.05, 0.1) is 0 Å². The maximum absolute atomic E-state index is 11.1. The maximum atomic E-state index is 11.1. The van der Waals surface area contributed by atoms with Gasteiger partial charge < -0.3 is 16.6 Å². The number of carbonyl (C=O) groups is 1. The minimum atomic E-state index is -0.230. The molecule has 0 amide bonds. The van der Waals surface area contributed by atoms with Crippen LogP contribution in [0.15, 0.2) is 0 Å². The van der Waals surface area contributed by atoms with Crippen LogP contribution in [0.4, 0.5) is 0 Å². The Kier molecular flexibility index (Phi) is 34.1. The second kappa shape index (κ2) is 25.8. The van der Waals surface area contributed by atoms with Crippen LogP contribution in [0.5, 0.6) is 0 Å². The Bertz CT molecular complexity index is 757. The van der Waals surface area contributed by atoms with Crippen LogP contribution in [0.3, 0.4) is 0 Å². The quantitative estimate of drug-likeness (QED) is 0.144. The SMILES string of the molecule is CCC(C)(C)[C@@H](C)C(C)C(C)(C)[C-](C)C.C[C-](C)C(C)(C)C(C)[C@H](C)C(C)(C)C=O.C[C](=[V])N(C)C.C[C](=[V])N(C)C.[W].[W]. The number of nitrogens with zero attached hydrogens (tertiary/aromatic N) is 2. The molecule has 2 unspecified atom stereocenters. The van der Waals surface area contributed by atoms with Crippen molar-refractivity contribution in [3.63, 3.8) is 0 Å².